The fourth-order valence-corrected chi connectivity index (χ4v) is 4.09. The van der Waals surface area contributed by atoms with Crippen molar-refractivity contribution in [3.05, 3.63) is 53.2 Å². The van der Waals surface area contributed by atoms with Crippen molar-refractivity contribution in [3.8, 4) is 16.5 Å². The van der Waals surface area contributed by atoms with Crippen LogP contribution in [0.2, 0.25) is 0 Å². The number of thiophene rings is 1. The smallest absolute Gasteiger partial charge is 0.236 e. The van der Waals surface area contributed by atoms with Gasteiger partial charge in [-0.3, -0.25) is 4.79 Å². The number of anilines is 1. The van der Waals surface area contributed by atoms with E-state index in [2.05, 4.69) is 25.8 Å². The summed E-state index contributed by atoms with van der Waals surface area (Å²) in [6.07, 6.45) is 0. The average molecular weight is 413 g/mol. The number of hydrogen-bond acceptors (Lipinski definition) is 8. The number of tetrazole rings is 1. The number of carbonyl (C=O) groups is 1. The fraction of sp³-hybridized carbons (Fsp3) is 0.167. The monoisotopic (exact) mass is 412 g/mol. The maximum absolute atomic E-state index is 11.3. The van der Waals surface area contributed by atoms with Gasteiger partial charge in [-0.05, 0) is 47.0 Å². The van der Waals surface area contributed by atoms with Gasteiger partial charge in [0.05, 0.1) is 16.3 Å². The van der Waals surface area contributed by atoms with Crippen molar-refractivity contribution in [1.82, 2.24) is 25.2 Å². The standard InChI is InChI=1S/C18H16N6O2S2/c1-11-15(20-17(26-11)16-7-4-8-27-16)10-28-18-21-22-23-24(18)14-6-3-5-13(9-14)19-12(2)25/h3-9H,10H2,1-2H3,(H,19,25). The summed E-state index contributed by atoms with van der Waals surface area (Å²) in [6.45, 7) is 3.37. The van der Waals surface area contributed by atoms with Gasteiger partial charge in [0, 0.05) is 18.4 Å². The van der Waals surface area contributed by atoms with Crippen LogP contribution in [0.4, 0.5) is 5.69 Å². The Morgan fingerprint density at radius 1 is 1.32 bits per heavy atom. The van der Waals surface area contributed by atoms with Gasteiger partial charge in [0.2, 0.25) is 17.0 Å². The molecule has 0 radical (unpaired) electrons. The van der Waals surface area contributed by atoms with E-state index in [-0.39, 0.29) is 5.91 Å². The highest BCUT2D eigenvalue weighted by Gasteiger charge is 2.15. The zero-order valence-electron chi connectivity index (χ0n) is 15.1. The Morgan fingerprint density at radius 3 is 3.00 bits per heavy atom. The highest BCUT2D eigenvalue weighted by molar-refractivity contribution is 7.98. The number of benzene rings is 1. The van der Waals surface area contributed by atoms with Crippen LogP contribution in [0.5, 0.6) is 0 Å². The Hall–Kier alpha value is -2.98. The van der Waals surface area contributed by atoms with Crippen LogP contribution in [0.25, 0.3) is 16.5 Å². The van der Waals surface area contributed by atoms with E-state index in [1.54, 1.807) is 16.0 Å². The van der Waals surface area contributed by atoms with Gasteiger partial charge in [-0.2, -0.15) is 4.68 Å². The third-order valence-corrected chi connectivity index (χ3v) is 5.60. The Labute approximate surface area is 169 Å². The molecule has 28 heavy (non-hydrogen) atoms. The van der Waals surface area contributed by atoms with Crippen LogP contribution >= 0.6 is 23.1 Å². The summed E-state index contributed by atoms with van der Waals surface area (Å²) in [6, 6.07) is 11.3. The third-order valence-electron chi connectivity index (χ3n) is 3.81. The van der Waals surface area contributed by atoms with Crippen LogP contribution in [0, 0.1) is 6.92 Å². The molecule has 0 aliphatic heterocycles. The molecular weight excluding hydrogens is 396 g/mol. The minimum atomic E-state index is -0.133. The lowest BCUT2D eigenvalue weighted by Crippen LogP contribution is -2.07. The van der Waals surface area contributed by atoms with Crippen molar-refractivity contribution < 1.29 is 9.21 Å². The number of hydrogen-bond donors (Lipinski definition) is 1. The predicted octanol–water partition coefficient (Wildman–Crippen LogP) is 3.94. The van der Waals surface area contributed by atoms with Crippen molar-refractivity contribution in [1.29, 1.82) is 0 Å². The predicted molar refractivity (Wildman–Crippen MR) is 108 cm³/mol. The van der Waals surface area contributed by atoms with E-state index >= 15 is 0 Å². The first-order chi connectivity index (χ1) is 13.6. The van der Waals surface area contributed by atoms with E-state index in [0.717, 1.165) is 22.0 Å². The molecule has 3 aromatic heterocycles. The minimum absolute atomic E-state index is 0.133. The second-order valence-corrected chi connectivity index (χ2v) is 7.78. The zero-order valence-corrected chi connectivity index (χ0v) is 16.8. The highest BCUT2D eigenvalue weighted by atomic mass is 32.2. The quantitative estimate of drug-likeness (QED) is 0.479. The van der Waals surface area contributed by atoms with E-state index in [0.29, 0.717) is 22.5 Å². The first-order valence-electron chi connectivity index (χ1n) is 8.39. The largest absolute Gasteiger partial charge is 0.440 e. The number of oxazole rings is 1. The van der Waals surface area contributed by atoms with Crippen LogP contribution in [-0.2, 0) is 10.5 Å². The first kappa shape index (κ1) is 18.4. The molecule has 142 valence electrons. The van der Waals surface area contributed by atoms with Crippen LogP contribution in [0.1, 0.15) is 18.4 Å². The number of rotatable bonds is 6. The number of thioether (sulfide) groups is 1. The molecular formula is C18H16N6O2S2. The Morgan fingerprint density at radius 2 is 2.21 bits per heavy atom. The van der Waals surface area contributed by atoms with Crippen LogP contribution in [0.15, 0.2) is 51.4 Å². The molecule has 0 atom stereocenters. The van der Waals surface area contributed by atoms with Crippen LogP contribution in [0.3, 0.4) is 0 Å². The third kappa shape index (κ3) is 3.97. The summed E-state index contributed by atoms with van der Waals surface area (Å²) in [5, 5.41) is 17.3. The first-order valence-corrected chi connectivity index (χ1v) is 10.3. The van der Waals surface area contributed by atoms with Gasteiger partial charge < -0.3 is 9.73 Å². The molecule has 1 aromatic carbocycles. The Balaban J connectivity index is 1.52. The van der Waals surface area contributed by atoms with Gasteiger partial charge in [-0.1, -0.05) is 23.9 Å². The number of amides is 1. The van der Waals surface area contributed by atoms with Gasteiger partial charge in [-0.25, -0.2) is 4.98 Å². The molecule has 0 bridgehead atoms. The lowest BCUT2D eigenvalue weighted by atomic mass is 10.3. The average Bonchev–Trinajstić information content (AvgIpc) is 3.41. The summed E-state index contributed by atoms with van der Waals surface area (Å²) in [7, 11) is 0. The van der Waals surface area contributed by atoms with Crippen LogP contribution < -0.4 is 5.32 Å². The van der Waals surface area contributed by atoms with Crippen molar-refractivity contribution in [3.63, 3.8) is 0 Å². The van der Waals surface area contributed by atoms with E-state index in [9.17, 15) is 4.79 Å². The molecule has 0 saturated heterocycles. The highest BCUT2D eigenvalue weighted by Crippen LogP contribution is 2.29. The molecule has 1 N–H and O–H groups in total. The van der Waals surface area contributed by atoms with Crippen molar-refractivity contribution in [2.45, 2.75) is 24.8 Å². The molecule has 3 heterocycles. The molecule has 0 fully saturated rings. The number of carbonyl (C=O) groups excluding carboxylic acids is 1. The molecule has 0 saturated carbocycles. The summed E-state index contributed by atoms with van der Waals surface area (Å²) >= 11 is 3.06. The molecule has 0 aliphatic rings. The molecule has 0 aliphatic carbocycles. The lowest BCUT2D eigenvalue weighted by molar-refractivity contribution is -0.114. The number of nitrogens with zero attached hydrogens (tertiary/aromatic N) is 5. The number of nitrogens with one attached hydrogen (secondary N) is 1. The summed E-state index contributed by atoms with van der Waals surface area (Å²) in [4.78, 5) is 16.9. The molecule has 4 rings (SSSR count). The van der Waals surface area contributed by atoms with Gasteiger partial charge in [0.25, 0.3) is 0 Å². The van der Waals surface area contributed by atoms with Gasteiger partial charge in [0.15, 0.2) is 0 Å². The van der Waals surface area contributed by atoms with Crippen molar-refractivity contribution >= 4 is 34.7 Å². The maximum atomic E-state index is 11.3. The van der Waals surface area contributed by atoms with E-state index in [1.807, 2.05) is 48.7 Å². The normalized spacial score (nSPS) is 10.9. The van der Waals surface area contributed by atoms with E-state index < -0.39 is 0 Å². The molecule has 4 aromatic rings. The molecule has 10 heteroatoms. The number of aromatic nitrogens is 5. The van der Waals surface area contributed by atoms with E-state index in [4.69, 9.17) is 4.42 Å². The van der Waals surface area contributed by atoms with Crippen molar-refractivity contribution in [2.24, 2.45) is 0 Å². The summed E-state index contributed by atoms with van der Waals surface area (Å²) in [5.74, 6) is 1.85. The Kier molecular flexibility index (Phi) is 5.22. The fourth-order valence-electron chi connectivity index (χ4n) is 2.55. The van der Waals surface area contributed by atoms with Gasteiger partial charge >= 0.3 is 0 Å². The Bertz CT molecular complexity index is 1100. The van der Waals surface area contributed by atoms with E-state index in [1.165, 1.54) is 18.7 Å². The molecule has 0 spiro atoms. The number of aryl methyl sites for hydroxylation is 1. The minimum Gasteiger partial charge on any atom is -0.440 e. The maximum Gasteiger partial charge on any atom is 0.236 e. The molecule has 1 amide bonds. The van der Waals surface area contributed by atoms with Crippen molar-refractivity contribution in [2.75, 3.05) is 5.32 Å². The summed E-state index contributed by atoms with van der Waals surface area (Å²) < 4.78 is 7.41. The van der Waals surface area contributed by atoms with Crippen LogP contribution in [-0.4, -0.2) is 31.1 Å². The lowest BCUT2D eigenvalue weighted by Gasteiger charge is -2.07. The summed E-state index contributed by atoms with van der Waals surface area (Å²) in [5.41, 5.74) is 2.30. The zero-order chi connectivity index (χ0) is 19.5. The topological polar surface area (TPSA) is 98.7 Å². The second-order valence-electron chi connectivity index (χ2n) is 5.89. The SMILES string of the molecule is CC(=O)Nc1cccc(-n2nnnc2SCc2nc(-c3cccs3)oc2C)c1. The van der Waals surface area contributed by atoms with Gasteiger partial charge in [-0.15, -0.1) is 16.4 Å². The second kappa shape index (κ2) is 7.95. The van der Waals surface area contributed by atoms with Gasteiger partial charge in [0.1, 0.15) is 5.76 Å². The molecule has 8 nitrogen and oxygen atoms in total. The molecule has 0 unspecified atom stereocenters.